The molecule has 0 bridgehead atoms. The lowest BCUT2D eigenvalue weighted by molar-refractivity contribution is 0.794. The Bertz CT molecular complexity index is 2700. The van der Waals surface area contributed by atoms with E-state index in [0.29, 0.717) is 11.7 Å². The smallest absolute Gasteiger partial charge is 0.160 e. The lowest BCUT2D eigenvalue weighted by Gasteiger charge is -2.30. The minimum atomic E-state index is -0.441. The zero-order valence-corrected chi connectivity index (χ0v) is 29.2. The molecule has 2 aliphatic rings. The van der Waals surface area contributed by atoms with Crippen molar-refractivity contribution in [2.45, 2.75) is 5.41 Å². The van der Waals surface area contributed by atoms with Gasteiger partial charge in [0.05, 0.1) is 16.8 Å². The monoisotopic (exact) mass is 678 g/mol. The second kappa shape index (κ2) is 12.1. The first-order chi connectivity index (χ1) is 26.1. The molecule has 0 amide bonds. The van der Waals surface area contributed by atoms with Crippen molar-refractivity contribution in [3.05, 3.63) is 204 Å². The van der Waals surface area contributed by atoms with E-state index in [9.17, 15) is 0 Å². The number of benzene rings is 7. The van der Waals surface area contributed by atoms with Crippen LogP contribution in [0, 0.1) is 0 Å². The molecule has 2 aliphatic carbocycles. The molecule has 0 unspecified atom stereocenters. The number of nitrogens with two attached hydrogens (primary N) is 1. The van der Waals surface area contributed by atoms with Crippen LogP contribution in [0.15, 0.2) is 181 Å². The van der Waals surface area contributed by atoms with Gasteiger partial charge in [-0.1, -0.05) is 152 Å². The molecule has 1 heterocycles. The van der Waals surface area contributed by atoms with Gasteiger partial charge in [-0.25, -0.2) is 9.97 Å². The standard InChI is InChI=1S/C49H34N4/c1-51-47(50)35-18-12-16-33(28-35)32-15-11-17-34(27-32)46-30-45(31-13-3-2-4-14-31)52-48(53-46)36-25-26-40-39-21-7-10-24-43(39)49(44(40)29-36)41-22-8-5-19-37(41)38-20-6-9-23-42(38)49/h2-30H,1H3,(H2,50,51). The highest BCUT2D eigenvalue weighted by Gasteiger charge is 2.51. The summed E-state index contributed by atoms with van der Waals surface area (Å²) < 4.78 is 0. The van der Waals surface area contributed by atoms with Gasteiger partial charge >= 0.3 is 0 Å². The van der Waals surface area contributed by atoms with Gasteiger partial charge < -0.3 is 5.73 Å². The second-order valence-corrected chi connectivity index (χ2v) is 13.7. The van der Waals surface area contributed by atoms with Gasteiger partial charge in [-0.2, -0.15) is 0 Å². The fourth-order valence-electron chi connectivity index (χ4n) is 8.56. The molecule has 53 heavy (non-hydrogen) atoms. The van der Waals surface area contributed by atoms with Crippen LogP contribution in [0.5, 0.6) is 0 Å². The third kappa shape index (κ3) is 4.73. The van der Waals surface area contributed by atoms with E-state index in [1.165, 1.54) is 44.5 Å². The molecule has 0 radical (unpaired) electrons. The molecule has 8 aromatic rings. The number of hydrogen-bond donors (Lipinski definition) is 1. The van der Waals surface area contributed by atoms with Gasteiger partial charge in [0.2, 0.25) is 0 Å². The topological polar surface area (TPSA) is 64.2 Å². The van der Waals surface area contributed by atoms with Crippen molar-refractivity contribution < 1.29 is 0 Å². The first-order valence-corrected chi connectivity index (χ1v) is 18.0. The SMILES string of the molecule is C/N=C(\N)c1cccc(-c2cccc(-c3cc(-c4ccccc4)nc(-c4ccc5c(c4)C4(c6ccccc6-c6ccccc64)c4ccccc4-5)n3)c2)c1. The predicted octanol–water partition coefficient (Wildman–Crippen LogP) is 10.8. The Morgan fingerprint density at radius 2 is 0.943 bits per heavy atom. The Hall–Kier alpha value is -6.91. The van der Waals surface area contributed by atoms with Gasteiger partial charge in [0.1, 0.15) is 5.84 Å². The molecule has 250 valence electrons. The Kier molecular flexibility index (Phi) is 7.05. The van der Waals surface area contributed by atoms with E-state index in [2.05, 4.69) is 163 Å². The maximum absolute atomic E-state index is 6.18. The largest absolute Gasteiger partial charge is 0.384 e. The number of rotatable bonds is 5. The Morgan fingerprint density at radius 1 is 0.434 bits per heavy atom. The van der Waals surface area contributed by atoms with Crippen molar-refractivity contribution in [2.24, 2.45) is 10.7 Å². The number of nitrogens with zero attached hydrogens (tertiary/aromatic N) is 3. The minimum Gasteiger partial charge on any atom is -0.384 e. The van der Waals surface area contributed by atoms with E-state index >= 15 is 0 Å². The lowest BCUT2D eigenvalue weighted by Crippen LogP contribution is -2.25. The van der Waals surface area contributed by atoms with E-state index in [-0.39, 0.29) is 0 Å². The molecule has 10 rings (SSSR count). The molecule has 0 saturated heterocycles. The average molecular weight is 679 g/mol. The van der Waals surface area contributed by atoms with Crippen LogP contribution in [-0.4, -0.2) is 22.9 Å². The summed E-state index contributed by atoms with van der Waals surface area (Å²) in [5.74, 6) is 1.20. The third-order valence-corrected chi connectivity index (χ3v) is 10.9. The Balaban J connectivity index is 1.17. The molecule has 7 aromatic carbocycles. The first kappa shape index (κ1) is 30.9. The molecule has 0 aliphatic heterocycles. The number of hydrogen-bond acceptors (Lipinski definition) is 3. The van der Waals surface area contributed by atoms with E-state index in [0.717, 1.165) is 44.8 Å². The van der Waals surface area contributed by atoms with Crippen LogP contribution in [-0.2, 0) is 5.41 Å². The molecule has 1 aromatic heterocycles. The maximum atomic E-state index is 6.18. The zero-order chi connectivity index (χ0) is 35.5. The van der Waals surface area contributed by atoms with Crippen molar-refractivity contribution >= 4 is 5.84 Å². The molecular weight excluding hydrogens is 645 g/mol. The maximum Gasteiger partial charge on any atom is 0.160 e. The van der Waals surface area contributed by atoms with Crippen LogP contribution < -0.4 is 5.73 Å². The van der Waals surface area contributed by atoms with E-state index in [1.807, 2.05) is 18.2 Å². The molecule has 0 fully saturated rings. The highest BCUT2D eigenvalue weighted by atomic mass is 14.9. The highest BCUT2D eigenvalue weighted by Crippen LogP contribution is 2.63. The van der Waals surface area contributed by atoms with Gasteiger partial charge in [-0.05, 0) is 79.9 Å². The summed E-state index contributed by atoms with van der Waals surface area (Å²) in [6, 6.07) is 62.7. The number of fused-ring (bicyclic) bond motifs is 10. The van der Waals surface area contributed by atoms with E-state index < -0.39 is 5.41 Å². The zero-order valence-electron chi connectivity index (χ0n) is 29.2. The molecule has 0 atom stereocenters. The number of amidine groups is 1. The second-order valence-electron chi connectivity index (χ2n) is 13.7. The van der Waals surface area contributed by atoms with Crippen LogP contribution in [0.3, 0.4) is 0 Å². The number of aliphatic imine (C=N–C) groups is 1. The summed E-state index contributed by atoms with van der Waals surface area (Å²) in [5, 5.41) is 0. The van der Waals surface area contributed by atoms with Gasteiger partial charge in [-0.15, -0.1) is 0 Å². The summed E-state index contributed by atoms with van der Waals surface area (Å²) in [5.41, 5.74) is 23.9. The van der Waals surface area contributed by atoms with E-state index in [1.54, 1.807) is 7.05 Å². The average Bonchev–Trinajstić information content (AvgIpc) is 3.71. The van der Waals surface area contributed by atoms with Gasteiger partial charge in [0.25, 0.3) is 0 Å². The van der Waals surface area contributed by atoms with Crippen LogP contribution in [0.4, 0.5) is 0 Å². The quantitative estimate of drug-likeness (QED) is 0.146. The van der Waals surface area contributed by atoms with Crippen molar-refractivity contribution in [1.82, 2.24) is 9.97 Å². The Morgan fingerprint density at radius 3 is 1.58 bits per heavy atom. The highest BCUT2D eigenvalue weighted by molar-refractivity contribution is 5.99. The van der Waals surface area contributed by atoms with Crippen molar-refractivity contribution in [2.75, 3.05) is 7.05 Å². The van der Waals surface area contributed by atoms with Crippen molar-refractivity contribution in [3.8, 4) is 67.3 Å². The van der Waals surface area contributed by atoms with Crippen LogP contribution in [0.1, 0.15) is 27.8 Å². The van der Waals surface area contributed by atoms with Gasteiger partial charge in [0, 0.05) is 29.3 Å². The van der Waals surface area contributed by atoms with Crippen molar-refractivity contribution in [3.63, 3.8) is 0 Å². The Labute approximate surface area is 309 Å². The molecular formula is C49H34N4. The van der Waals surface area contributed by atoms with Crippen LogP contribution in [0.25, 0.3) is 67.3 Å². The lowest BCUT2D eigenvalue weighted by atomic mass is 9.70. The minimum absolute atomic E-state index is 0.441. The first-order valence-electron chi connectivity index (χ1n) is 18.0. The summed E-state index contributed by atoms with van der Waals surface area (Å²) in [6.07, 6.45) is 0. The molecule has 2 N–H and O–H groups in total. The third-order valence-electron chi connectivity index (χ3n) is 10.9. The summed E-state index contributed by atoms with van der Waals surface area (Å²) in [6.45, 7) is 0. The molecule has 0 saturated carbocycles. The normalized spacial score (nSPS) is 13.3. The molecule has 4 nitrogen and oxygen atoms in total. The summed E-state index contributed by atoms with van der Waals surface area (Å²) >= 11 is 0. The molecule has 1 spiro atoms. The summed E-state index contributed by atoms with van der Waals surface area (Å²) in [7, 11) is 1.71. The van der Waals surface area contributed by atoms with Gasteiger partial charge in [-0.3, -0.25) is 4.99 Å². The summed E-state index contributed by atoms with van der Waals surface area (Å²) in [4.78, 5) is 14.8. The fraction of sp³-hybridized carbons (Fsp3) is 0.0408. The predicted molar refractivity (Wildman–Crippen MR) is 217 cm³/mol. The van der Waals surface area contributed by atoms with Crippen molar-refractivity contribution in [1.29, 1.82) is 0 Å². The van der Waals surface area contributed by atoms with Crippen LogP contribution >= 0.6 is 0 Å². The van der Waals surface area contributed by atoms with Crippen LogP contribution in [0.2, 0.25) is 0 Å². The number of aromatic nitrogens is 2. The van der Waals surface area contributed by atoms with E-state index in [4.69, 9.17) is 15.7 Å². The fourth-order valence-corrected chi connectivity index (χ4v) is 8.56. The molecule has 4 heteroatoms. The van der Waals surface area contributed by atoms with Gasteiger partial charge in [0.15, 0.2) is 5.82 Å².